The summed E-state index contributed by atoms with van der Waals surface area (Å²) in [6, 6.07) is 12.8. The Bertz CT molecular complexity index is 1280. The summed E-state index contributed by atoms with van der Waals surface area (Å²) in [5, 5.41) is 17.2. The van der Waals surface area contributed by atoms with Crippen LogP contribution in [-0.4, -0.2) is 68.9 Å². The molecular formula is C48H82N2O9. The number of benzene rings is 2. The smallest absolute Gasteiger partial charge is 0.347 e. The van der Waals surface area contributed by atoms with Crippen LogP contribution in [0.5, 0.6) is 17.2 Å². The fraction of sp³-hybridized carbons (Fsp3) is 0.708. The van der Waals surface area contributed by atoms with Gasteiger partial charge in [0.1, 0.15) is 29.2 Å². The lowest BCUT2D eigenvalue weighted by atomic mass is 10.1. The summed E-state index contributed by atoms with van der Waals surface area (Å²) < 4.78 is 34.1. The van der Waals surface area contributed by atoms with Gasteiger partial charge in [0.2, 0.25) is 0 Å². The molecule has 0 aliphatic carbocycles. The van der Waals surface area contributed by atoms with Crippen molar-refractivity contribution in [2.24, 2.45) is 10.2 Å². The summed E-state index contributed by atoms with van der Waals surface area (Å²) in [5.41, 5.74) is 1.22. The van der Waals surface area contributed by atoms with Gasteiger partial charge in [-0.2, -0.15) is 5.11 Å². The van der Waals surface area contributed by atoms with Crippen LogP contribution in [0.2, 0.25) is 0 Å². The van der Waals surface area contributed by atoms with E-state index in [1.807, 2.05) is 65.0 Å². The highest BCUT2D eigenvalue weighted by atomic mass is 16.7. The van der Waals surface area contributed by atoms with E-state index in [2.05, 4.69) is 17.2 Å². The second-order valence-electron chi connectivity index (χ2n) is 14.5. The quantitative estimate of drug-likeness (QED) is 0.0245. The van der Waals surface area contributed by atoms with E-state index < -0.39 is 12.1 Å². The average Bonchev–Trinajstić information content (AvgIpc) is 3.23. The van der Waals surface area contributed by atoms with Crippen LogP contribution in [0.1, 0.15) is 171 Å². The van der Waals surface area contributed by atoms with Gasteiger partial charge in [-0.1, -0.05) is 91.4 Å². The molecule has 11 heteroatoms. The number of esters is 1. The van der Waals surface area contributed by atoms with E-state index >= 15 is 0 Å². The summed E-state index contributed by atoms with van der Waals surface area (Å²) >= 11 is 0. The zero-order chi connectivity index (χ0) is 43.8. The number of unbranched alkanes of at least 4 members (excludes halogenated alkanes) is 13. The van der Waals surface area contributed by atoms with Gasteiger partial charge in [0.25, 0.3) is 0 Å². The van der Waals surface area contributed by atoms with Gasteiger partial charge in [-0.05, 0) is 110 Å². The Balaban J connectivity index is 0.00000204. The molecule has 0 bridgehead atoms. The average molecular weight is 831 g/mol. The SMILES string of the molecule is CCC(C)O.CCCCCCCC=O.CCCCOC(=O)C(C)Oc1ccc(OCCCCCCCCCCC(OCC)OCC)c(N=Nc2ccc(OCC)cc2)c1. The van der Waals surface area contributed by atoms with Crippen molar-refractivity contribution in [3.63, 3.8) is 0 Å². The Hall–Kier alpha value is -3.54. The zero-order valence-electron chi connectivity index (χ0n) is 38.2. The predicted octanol–water partition coefficient (Wildman–Crippen LogP) is 13.2. The second-order valence-corrected chi connectivity index (χ2v) is 14.5. The molecule has 338 valence electrons. The first kappa shape index (κ1) is 55.5. The highest BCUT2D eigenvalue weighted by Gasteiger charge is 2.17. The first-order valence-corrected chi connectivity index (χ1v) is 22.8. The third-order valence-electron chi connectivity index (χ3n) is 9.05. The first-order chi connectivity index (χ1) is 28.7. The maximum absolute atomic E-state index is 12.3. The van der Waals surface area contributed by atoms with Gasteiger partial charge < -0.3 is 38.3 Å². The molecule has 2 aromatic rings. The number of nitrogens with zero attached hydrogens (tertiary/aromatic N) is 2. The molecule has 2 atom stereocenters. The van der Waals surface area contributed by atoms with Gasteiger partial charge in [0.15, 0.2) is 12.4 Å². The van der Waals surface area contributed by atoms with Crippen molar-refractivity contribution in [1.29, 1.82) is 0 Å². The summed E-state index contributed by atoms with van der Waals surface area (Å²) in [5.74, 6) is 1.50. The van der Waals surface area contributed by atoms with Crippen molar-refractivity contribution in [2.75, 3.05) is 33.0 Å². The van der Waals surface area contributed by atoms with Crippen LogP contribution >= 0.6 is 0 Å². The molecule has 0 amide bonds. The molecule has 2 rings (SSSR count). The molecule has 59 heavy (non-hydrogen) atoms. The highest BCUT2D eigenvalue weighted by molar-refractivity contribution is 5.74. The number of hydrogen-bond donors (Lipinski definition) is 1. The minimum atomic E-state index is -0.744. The topological polar surface area (TPSA) is 134 Å². The van der Waals surface area contributed by atoms with Crippen LogP contribution in [0.15, 0.2) is 52.7 Å². The van der Waals surface area contributed by atoms with Crippen LogP contribution in [0.25, 0.3) is 0 Å². The molecule has 0 aliphatic heterocycles. The largest absolute Gasteiger partial charge is 0.494 e. The number of carbonyl (C=O) groups is 2. The monoisotopic (exact) mass is 831 g/mol. The molecule has 11 nitrogen and oxygen atoms in total. The van der Waals surface area contributed by atoms with Crippen molar-refractivity contribution in [2.45, 2.75) is 189 Å². The Morgan fingerprint density at radius 1 is 0.661 bits per heavy atom. The maximum atomic E-state index is 12.3. The molecule has 0 aromatic heterocycles. The van der Waals surface area contributed by atoms with E-state index in [1.54, 1.807) is 26.0 Å². The molecule has 0 radical (unpaired) electrons. The molecule has 0 spiro atoms. The Morgan fingerprint density at radius 2 is 1.24 bits per heavy atom. The number of rotatable bonds is 33. The minimum Gasteiger partial charge on any atom is -0.494 e. The van der Waals surface area contributed by atoms with Crippen molar-refractivity contribution < 1.29 is 43.1 Å². The number of carbonyl (C=O) groups excluding carboxylic acids is 2. The van der Waals surface area contributed by atoms with Crippen LogP contribution in [0.4, 0.5) is 11.4 Å². The molecule has 0 saturated heterocycles. The fourth-order valence-electron chi connectivity index (χ4n) is 5.42. The van der Waals surface area contributed by atoms with Gasteiger partial charge in [0.05, 0.1) is 31.6 Å². The Kier molecular flexibility index (Phi) is 37.5. The number of hydrogen-bond acceptors (Lipinski definition) is 11. The van der Waals surface area contributed by atoms with Gasteiger partial charge in [-0.3, -0.25) is 0 Å². The third-order valence-corrected chi connectivity index (χ3v) is 9.05. The molecule has 0 heterocycles. The van der Waals surface area contributed by atoms with Gasteiger partial charge in [-0.25, -0.2) is 4.79 Å². The Labute approximate surface area is 358 Å². The highest BCUT2D eigenvalue weighted by Crippen LogP contribution is 2.34. The molecular weight excluding hydrogens is 749 g/mol. The Morgan fingerprint density at radius 3 is 1.81 bits per heavy atom. The third kappa shape index (κ3) is 32.0. The molecule has 0 saturated carbocycles. The molecule has 1 N–H and O–H groups in total. The second kappa shape index (κ2) is 39.9. The van der Waals surface area contributed by atoms with Gasteiger partial charge >= 0.3 is 5.97 Å². The van der Waals surface area contributed by atoms with E-state index in [0.29, 0.717) is 55.9 Å². The van der Waals surface area contributed by atoms with Crippen molar-refractivity contribution in [3.8, 4) is 17.2 Å². The van der Waals surface area contributed by atoms with E-state index in [0.717, 1.165) is 69.8 Å². The maximum Gasteiger partial charge on any atom is 0.347 e. The predicted molar refractivity (Wildman–Crippen MR) is 240 cm³/mol. The van der Waals surface area contributed by atoms with Crippen molar-refractivity contribution in [1.82, 2.24) is 0 Å². The number of azo groups is 1. The lowest BCUT2D eigenvalue weighted by molar-refractivity contribution is -0.151. The minimum absolute atomic E-state index is 0.0550. The molecule has 0 fully saturated rings. The van der Waals surface area contributed by atoms with Crippen LogP contribution in [0.3, 0.4) is 0 Å². The molecule has 2 unspecified atom stereocenters. The van der Waals surface area contributed by atoms with E-state index in [1.165, 1.54) is 57.8 Å². The zero-order valence-corrected chi connectivity index (χ0v) is 38.2. The van der Waals surface area contributed by atoms with Gasteiger partial charge in [-0.15, -0.1) is 5.11 Å². The summed E-state index contributed by atoms with van der Waals surface area (Å²) in [7, 11) is 0. The number of aliphatic hydroxyl groups excluding tert-OH is 1. The van der Waals surface area contributed by atoms with Gasteiger partial charge in [0, 0.05) is 25.7 Å². The first-order valence-electron chi connectivity index (χ1n) is 22.8. The fourth-order valence-corrected chi connectivity index (χ4v) is 5.42. The summed E-state index contributed by atoms with van der Waals surface area (Å²) in [6.45, 7) is 18.6. The number of ether oxygens (including phenoxy) is 6. The van der Waals surface area contributed by atoms with Crippen LogP contribution in [-0.2, 0) is 23.8 Å². The molecule has 0 aliphatic rings. The molecule has 2 aromatic carbocycles. The normalized spacial score (nSPS) is 11.9. The number of aldehydes is 1. The van der Waals surface area contributed by atoms with E-state index in [9.17, 15) is 9.59 Å². The standard InChI is InChI=1S/C36H56N2O7.C8H16O.C4H10O/c1-6-10-26-44-36(39)29(5)45-32-24-25-34(33(28-32)38-37-30-20-22-31(23-21-30)40-7-2)43-27-18-16-14-12-11-13-15-17-19-35(41-8-3)42-9-4;1-2-3-4-5-6-7-8-9;1-3-4(2)5/h20-25,28-29,35H,6-19,26-27H2,1-5H3;8H,2-7H2,1H3;4-5H,3H2,1-2H3. The van der Waals surface area contributed by atoms with E-state index in [-0.39, 0.29) is 12.4 Å². The van der Waals surface area contributed by atoms with Crippen LogP contribution in [0, 0.1) is 0 Å². The number of aliphatic hydroxyl groups is 1. The summed E-state index contributed by atoms with van der Waals surface area (Å²) in [4.78, 5) is 22.1. The van der Waals surface area contributed by atoms with Crippen LogP contribution < -0.4 is 14.2 Å². The lowest BCUT2D eigenvalue weighted by Crippen LogP contribution is -2.26. The van der Waals surface area contributed by atoms with E-state index in [4.69, 9.17) is 33.5 Å². The van der Waals surface area contributed by atoms with Crippen molar-refractivity contribution >= 4 is 23.6 Å². The summed E-state index contributed by atoms with van der Waals surface area (Å²) in [6.07, 6.45) is 20.0. The van der Waals surface area contributed by atoms with Crippen molar-refractivity contribution in [3.05, 3.63) is 42.5 Å². The lowest BCUT2D eigenvalue weighted by Gasteiger charge is -2.16.